The zero-order valence-corrected chi connectivity index (χ0v) is 6.96. The summed E-state index contributed by atoms with van der Waals surface area (Å²) in [5.41, 5.74) is 7.61. The molecular weight excluding hydrogens is 212 g/mol. The van der Waals surface area contributed by atoms with Crippen LogP contribution in [0, 0.1) is 0 Å². The maximum Gasteiger partial charge on any atom is 0.447 e. The highest BCUT2D eigenvalue weighted by Gasteiger charge is 2.53. The van der Waals surface area contributed by atoms with Gasteiger partial charge in [-0.2, -0.15) is 8.78 Å². The standard InChI is InChI=1S/C3H3F2N3O4S/c1-12-2(9)3(4,5)13(10,11)8-7-6/h1H3. The summed E-state index contributed by atoms with van der Waals surface area (Å²) in [6.07, 6.45) is 0. The van der Waals surface area contributed by atoms with E-state index in [0.29, 0.717) is 7.11 Å². The van der Waals surface area contributed by atoms with Gasteiger partial charge in [0, 0.05) is 9.43 Å². The first-order valence-corrected chi connectivity index (χ1v) is 4.00. The van der Waals surface area contributed by atoms with Gasteiger partial charge in [0.25, 0.3) is 0 Å². The lowest BCUT2D eigenvalue weighted by Crippen LogP contribution is -2.37. The Morgan fingerprint density at radius 1 is 1.62 bits per heavy atom. The Bertz CT molecular complexity index is 357. The number of halogens is 2. The van der Waals surface area contributed by atoms with Crippen LogP contribution in [0.4, 0.5) is 8.78 Å². The molecule has 0 heterocycles. The summed E-state index contributed by atoms with van der Waals surface area (Å²) < 4.78 is 51.0. The molecule has 74 valence electrons. The maximum atomic E-state index is 12.5. The van der Waals surface area contributed by atoms with Crippen molar-refractivity contribution in [3.8, 4) is 0 Å². The summed E-state index contributed by atoms with van der Waals surface area (Å²) >= 11 is 0. The van der Waals surface area contributed by atoms with Crippen molar-refractivity contribution in [2.75, 3.05) is 7.11 Å². The summed E-state index contributed by atoms with van der Waals surface area (Å²) in [6, 6.07) is 0. The molecule has 10 heteroatoms. The van der Waals surface area contributed by atoms with Gasteiger partial charge < -0.3 is 4.74 Å². The number of alkyl halides is 2. The molecule has 0 aromatic rings. The minimum atomic E-state index is -5.52. The van der Waals surface area contributed by atoms with Gasteiger partial charge in [-0.15, -0.1) is 0 Å². The zero-order chi connectivity index (χ0) is 10.7. The van der Waals surface area contributed by atoms with E-state index in [-0.39, 0.29) is 0 Å². The number of rotatable bonds is 3. The normalized spacial score (nSPS) is 11.6. The highest BCUT2D eigenvalue weighted by atomic mass is 32.2. The van der Waals surface area contributed by atoms with Gasteiger partial charge in [0.1, 0.15) is 0 Å². The van der Waals surface area contributed by atoms with E-state index in [1.807, 2.05) is 0 Å². The average molecular weight is 215 g/mol. The number of methoxy groups -OCH3 is 1. The Morgan fingerprint density at radius 3 is 2.38 bits per heavy atom. The van der Waals surface area contributed by atoms with Crippen LogP contribution in [0.3, 0.4) is 0 Å². The smallest absolute Gasteiger partial charge is 0.447 e. The Balaban J connectivity index is 5.28. The van der Waals surface area contributed by atoms with E-state index in [0.717, 1.165) is 0 Å². The molecule has 0 bridgehead atoms. The molecule has 0 N–H and O–H groups in total. The van der Waals surface area contributed by atoms with Gasteiger partial charge >= 0.3 is 21.2 Å². The van der Waals surface area contributed by atoms with Crippen LogP contribution in [0.25, 0.3) is 10.4 Å². The highest BCUT2D eigenvalue weighted by molar-refractivity contribution is 7.91. The molecular formula is C3H3F2N3O4S. The highest BCUT2D eigenvalue weighted by Crippen LogP contribution is 2.24. The fourth-order valence-corrected chi connectivity index (χ4v) is 0.816. The third kappa shape index (κ3) is 2.04. The second kappa shape index (κ2) is 3.54. The van der Waals surface area contributed by atoms with Crippen LogP contribution < -0.4 is 0 Å². The third-order valence-electron chi connectivity index (χ3n) is 0.891. The van der Waals surface area contributed by atoms with Crippen molar-refractivity contribution in [3.63, 3.8) is 0 Å². The van der Waals surface area contributed by atoms with Crippen molar-refractivity contribution < 1.29 is 26.7 Å². The molecule has 0 saturated carbocycles. The van der Waals surface area contributed by atoms with E-state index in [2.05, 4.69) is 4.74 Å². The van der Waals surface area contributed by atoms with E-state index in [1.54, 1.807) is 9.43 Å². The van der Waals surface area contributed by atoms with Gasteiger partial charge in [-0.1, -0.05) is 0 Å². The Morgan fingerprint density at radius 2 is 2.08 bits per heavy atom. The van der Waals surface area contributed by atoms with Crippen molar-refractivity contribution in [2.45, 2.75) is 5.25 Å². The number of sulfonamides is 1. The van der Waals surface area contributed by atoms with Gasteiger partial charge in [0.2, 0.25) is 0 Å². The molecule has 0 spiro atoms. The van der Waals surface area contributed by atoms with Crippen LogP contribution in [0.15, 0.2) is 4.52 Å². The second-order valence-corrected chi connectivity index (χ2v) is 3.28. The van der Waals surface area contributed by atoms with Crippen molar-refractivity contribution >= 4 is 16.0 Å². The molecule has 0 aromatic carbocycles. The summed E-state index contributed by atoms with van der Waals surface area (Å²) in [4.78, 5) is 11.9. The van der Waals surface area contributed by atoms with Gasteiger partial charge in [0.05, 0.1) is 7.11 Å². The fourth-order valence-electron chi connectivity index (χ4n) is 0.323. The van der Waals surface area contributed by atoms with Crippen molar-refractivity contribution in [3.05, 3.63) is 10.4 Å². The first-order chi connectivity index (χ1) is 5.79. The van der Waals surface area contributed by atoms with E-state index >= 15 is 0 Å². The molecule has 0 unspecified atom stereocenters. The second-order valence-electron chi connectivity index (χ2n) is 1.65. The van der Waals surface area contributed by atoms with Crippen LogP contribution in [-0.2, 0) is 19.6 Å². The first-order valence-electron chi connectivity index (χ1n) is 2.56. The molecule has 0 amide bonds. The molecule has 0 aliphatic rings. The van der Waals surface area contributed by atoms with Crippen LogP contribution in [0.5, 0.6) is 0 Å². The Labute approximate surface area is 71.0 Å². The predicted octanol–water partition coefficient (Wildman–Crippen LogP) is 0.392. The van der Waals surface area contributed by atoms with Crippen molar-refractivity contribution in [2.24, 2.45) is 4.52 Å². The largest absolute Gasteiger partial charge is 0.464 e. The molecule has 0 rings (SSSR count). The van der Waals surface area contributed by atoms with Crippen LogP contribution in [-0.4, -0.2) is 26.8 Å². The molecule has 0 aliphatic heterocycles. The number of azide groups is 1. The topological polar surface area (TPSA) is 109 Å². The van der Waals surface area contributed by atoms with Crippen LogP contribution in [0.1, 0.15) is 0 Å². The van der Waals surface area contributed by atoms with Gasteiger partial charge in [-0.05, 0) is 5.53 Å². The molecule has 0 aromatic heterocycles. The average Bonchev–Trinajstić information content (AvgIpc) is 2.02. The van der Waals surface area contributed by atoms with E-state index in [9.17, 15) is 22.0 Å². The number of hydrogen-bond acceptors (Lipinski definition) is 4. The van der Waals surface area contributed by atoms with Crippen LogP contribution in [0.2, 0.25) is 0 Å². The number of ether oxygens (including phenoxy) is 1. The minimum absolute atomic E-state index is 0.571. The Hall–Kier alpha value is -1.41. The van der Waals surface area contributed by atoms with Gasteiger partial charge in [-0.25, -0.2) is 13.2 Å². The predicted molar refractivity (Wildman–Crippen MR) is 35.0 cm³/mol. The number of carbonyl (C=O) groups excluding carboxylic acids is 1. The van der Waals surface area contributed by atoms with Gasteiger partial charge in [0.15, 0.2) is 0 Å². The number of hydrogen-bond donors (Lipinski definition) is 0. The van der Waals surface area contributed by atoms with Crippen LogP contribution >= 0.6 is 0 Å². The molecule has 0 radical (unpaired) electrons. The Kier molecular flexibility index (Phi) is 3.15. The van der Waals surface area contributed by atoms with E-state index < -0.39 is 21.2 Å². The SMILES string of the molecule is COC(=O)C(F)(F)S(=O)(=O)N=[N+]=[N-]. The molecule has 0 atom stereocenters. The fraction of sp³-hybridized carbons (Fsp3) is 0.667. The lowest BCUT2D eigenvalue weighted by atomic mass is 10.7. The summed E-state index contributed by atoms with van der Waals surface area (Å²) in [5, 5.41) is -4.85. The summed E-state index contributed by atoms with van der Waals surface area (Å²) in [5.74, 6) is -2.31. The molecule has 7 nitrogen and oxygen atoms in total. The van der Waals surface area contributed by atoms with Crippen molar-refractivity contribution in [1.82, 2.24) is 0 Å². The molecule has 0 aliphatic carbocycles. The summed E-state index contributed by atoms with van der Waals surface area (Å²) in [6.45, 7) is 0. The third-order valence-corrected chi connectivity index (χ3v) is 1.99. The maximum absolute atomic E-state index is 12.5. The minimum Gasteiger partial charge on any atom is -0.464 e. The summed E-state index contributed by atoms with van der Waals surface area (Å²) in [7, 11) is -4.95. The monoisotopic (exact) mass is 215 g/mol. The molecule has 13 heavy (non-hydrogen) atoms. The number of carbonyl (C=O) groups is 1. The molecule has 0 fully saturated rings. The number of esters is 1. The number of nitrogens with zero attached hydrogens (tertiary/aromatic N) is 3. The molecule has 0 saturated heterocycles. The quantitative estimate of drug-likeness (QED) is 0.293. The zero-order valence-electron chi connectivity index (χ0n) is 6.14. The lowest BCUT2D eigenvalue weighted by molar-refractivity contribution is -0.157. The first kappa shape index (κ1) is 11.6. The van der Waals surface area contributed by atoms with E-state index in [4.69, 9.17) is 5.53 Å². The van der Waals surface area contributed by atoms with Crippen molar-refractivity contribution in [1.29, 1.82) is 0 Å². The van der Waals surface area contributed by atoms with E-state index in [1.165, 1.54) is 0 Å². The lowest BCUT2D eigenvalue weighted by Gasteiger charge is -2.09. The van der Waals surface area contributed by atoms with Gasteiger partial charge in [-0.3, -0.25) is 0 Å².